The van der Waals surface area contributed by atoms with Crippen molar-refractivity contribution in [1.29, 1.82) is 0 Å². The van der Waals surface area contributed by atoms with Gasteiger partial charge in [0.25, 0.3) is 0 Å². The lowest BCUT2D eigenvalue weighted by Gasteiger charge is -2.13. The van der Waals surface area contributed by atoms with Crippen LogP contribution in [-0.2, 0) is 17.9 Å². The van der Waals surface area contributed by atoms with Gasteiger partial charge in [0.05, 0.1) is 22.8 Å². The van der Waals surface area contributed by atoms with E-state index < -0.39 is 0 Å². The summed E-state index contributed by atoms with van der Waals surface area (Å²) in [6.45, 7) is 4.35. The zero-order valence-electron chi connectivity index (χ0n) is 13.8. The van der Waals surface area contributed by atoms with Crippen LogP contribution in [0.3, 0.4) is 0 Å². The SMILES string of the molecule is CCn1c(=O)n(CC(=O)N[C@H](C)c2ccccn2)c2ccccc21. The molecule has 0 fully saturated rings. The third-order valence-electron chi connectivity index (χ3n) is 4.05. The molecule has 0 aliphatic rings. The van der Waals surface area contributed by atoms with Gasteiger partial charge in [-0.2, -0.15) is 0 Å². The first-order valence-electron chi connectivity index (χ1n) is 8.00. The number of imidazole rings is 1. The van der Waals surface area contributed by atoms with Crippen LogP contribution in [0, 0.1) is 0 Å². The zero-order chi connectivity index (χ0) is 17.1. The fourth-order valence-electron chi connectivity index (χ4n) is 2.87. The molecule has 3 aromatic rings. The molecule has 0 aliphatic heterocycles. The Labute approximate surface area is 139 Å². The predicted molar refractivity (Wildman–Crippen MR) is 92.7 cm³/mol. The highest BCUT2D eigenvalue weighted by atomic mass is 16.2. The Hall–Kier alpha value is -2.89. The lowest BCUT2D eigenvalue weighted by molar-refractivity contribution is -0.122. The van der Waals surface area contributed by atoms with Crippen molar-refractivity contribution in [3.63, 3.8) is 0 Å². The van der Waals surface area contributed by atoms with E-state index >= 15 is 0 Å². The lowest BCUT2D eigenvalue weighted by atomic mass is 10.2. The van der Waals surface area contributed by atoms with Gasteiger partial charge in [-0.05, 0) is 38.1 Å². The van der Waals surface area contributed by atoms with Crippen molar-refractivity contribution < 1.29 is 4.79 Å². The number of rotatable bonds is 5. The molecular formula is C18H20N4O2. The number of carbonyl (C=O) groups excluding carboxylic acids is 1. The number of hydrogen-bond donors (Lipinski definition) is 1. The number of fused-ring (bicyclic) bond motifs is 1. The quantitative estimate of drug-likeness (QED) is 0.781. The van der Waals surface area contributed by atoms with Crippen LogP contribution in [-0.4, -0.2) is 20.0 Å². The normalized spacial score (nSPS) is 12.2. The van der Waals surface area contributed by atoms with Crippen LogP contribution in [0.2, 0.25) is 0 Å². The molecule has 1 amide bonds. The number of aromatic nitrogens is 3. The van der Waals surface area contributed by atoms with E-state index in [-0.39, 0.29) is 24.2 Å². The molecule has 0 aliphatic carbocycles. The number of nitrogens with one attached hydrogen (secondary N) is 1. The van der Waals surface area contributed by atoms with Gasteiger partial charge in [-0.1, -0.05) is 18.2 Å². The van der Waals surface area contributed by atoms with Crippen molar-refractivity contribution in [2.24, 2.45) is 0 Å². The van der Waals surface area contributed by atoms with Crippen LogP contribution in [0.15, 0.2) is 53.5 Å². The molecule has 0 unspecified atom stereocenters. The summed E-state index contributed by atoms with van der Waals surface area (Å²) >= 11 is 0. The maximum absolute atomic E-state index is 12.5. The summed E-state index contributed by atoms with van der Waals surface area (Å²) in [4.78, 5) is 29.2. The van der Waals surface area contributed by atoms with Crippen molar-refractivity contribution in [2.75, 3.05) is 0 Å². The second kappa shape index (κ2) is 6.70. The third kappa shape index (κ3) is 2.95. The first kappa shape index (κ1) is 16.0. The number of aryl methyl sites for hydroxylation is 1. The van der Waals surface area contributed by atoms with E-state index in [1.165, 1.54) is 4.57 Å². The van der Waals surface area contributed by atoms with Gasteiger partial charge < -0.3 is 5.32 Å². The van der Waals surface area contributed by atoms with Gasteiger partial charge in [0.1, 0.15) is 6.54 Å². The Morgan fingerprint density at radius 2 is 1.79 bits per heavy atom. The molecule has 124 valence electrons. The van der Waals surface area contributed by atoms with Gasteiger partial charge in [0.2, 0.25) is 5.91 Å². The molecule has 1 atom stereocenters. The standard InChI is InChI=1S/C18H20N4O2/c1-3-21-15-9-4-5-10-16(15)22(18(21)24)12-17(23)20-13(2)14-8-6-7-11-19-14/h4-11,13H,3,12H2,1-2H3,(H,20,23)/t13-/m1/s1. The molecule has 2 aromatic heterocycles. The van der Waals surface area contributed by atoms with Crippen LogP contribution in [0.5, 0.6) is 0 Å². The van der Waals surface area contributed by atoms with Crippen molar-refractivity contribution in [2.45, 2.75) is 33.0 Å². The number of pyridine rings is 1. The Morgan fingerprint density at radius 1 is 1.12 bits per heavy atom. The minimum Gasteiger partial charge on any atom is -0.346 e. The van der Waals surface area contributed by atoms with Crippen LogP contribution in [0.1, 0.15) is 25.6 Å². The zero-order valence-corrected chi connectivity index (χ0v) is 13.8. The summed E-state index contributed by atoms with van der Waals surface area (Å²) in [5.41, 5.74) is 2.23. The van der Waals surface area contributed by atoms with E-state index in [4.69, 9.17) is 0 Å². The summed E-state index contributed by atoms with van der Waals surface area (Å²) in [6.07, 6.45) is 1.69. The van der Waals surface area contributed by atoms with Gasteiger partial charge in [-0.15, -0.1) is 0 Å². The first-order chi connectivity index (χ1) is 11.6. The molecule has 2 heterocycles. The fourth-order valence-corrected chi connectivity index (χ4v) is 2.87. The molecule has 6 nitrogen and oxygen atoms in total. The Bertz CT molecular complexity index is 912. The Morgan fingerprint density at radius 3 is 2.42 bits per heavy atom. The topological polar surface area (TPSA) is 68.9 Å². The van der Waals surface area contributed by atoms with Gasteiger partial charge in [0.15, 0.2) is 0 Å². The third-order valence-corrected chi connectivity index (χ3v) is 4.05. The fraction of sp³-hybridized carbons (Fsp3) is 0.278. The molecule has 1 N–H and O–H groups in total. The van der Waals surface area contributed by atoms with E-state index in [1.807, 2.05) is 56.3 Å². The smallest absolute Gasteiger partial charge is 0.329 e. The van der Waals surface area contributed by atoms with Gasteiger partial charge in [0, 0.05) is 12.7 Å². The number of para-hydroxylation sites is 2. The van der Waals surface area contributed by atoms with Crippen LogP contribution >= 0.6 is 0 Å². The minimum absolute atomic E-state index is 0.0104. The monoisotopic (exact) mass is 324 g/mol. The van der Waals surface area contributed by atoms with E-state index in [2.05, 4.69) is 10.3 Å². The molecule has 0 radical (unpaired) electrons. The van der Waals surface area contributed by atoms with Gasteiger partial charge in [-0.3, -0.25) is 18.9 Å². The van der Waals surface area contributed by atoms with Gasteiger partial charge >= 0.3 is 5.69 Å². The Kier molecular flexibility index (Phi) is 4.46. The number of nitrogens with zero attached hydrogens (tertiary/aromatic N) is 3. The largest absolute Gasteiger partial charge is 0.346 e. The summed E-state index contributed by atoms with van der Waals surface area (Å²) in [5, 5.41) is 2.89. The highest BCUT2D eigenvalue weighted by Crippen LogP contribution is 2.13. The molecule has 0 saturated carbocycles. The number of hydrogen-bond acceptors (Lipinski definition) is 3. The van der Waals surface area contributed by atoms with Crippen LogP contribution in [0.25, 0.3) is 11.0 Å². The molecular weight excluding hydrogens is 304 g/mol. The minimum atomic E-state index is -0.214. The molecule has 3 rings (SSSR count). The molecule has 0 spiro atoms. The van der Waals surface area contributed by atoms with E-state index in [1.54, 1.807) is 10.8 Å². The highest BCUT2D eigenvalue weighted by molar-refractivity contribution is 5.81. The average molecular weight is 324 g/mol. The average Bonchev–Trinajstić information content (AvgIpc) is 2.87. The van der Waals surface area contributed by atoms with E-state index in [0.717, 1.165) is 16.7 Å². The predicted octanol–water partition coefficient (Wildman–Crippen LogP) is 2.10. The Balaban J connectivity index is 1.84. The first-order valence-corrected chi connectivity index (χ1v) is 8.00. The molecule has 1 aromatic carbocycles. The maximum atomic E-state index is 12.5. The molecule has 0 bridgehead atoms. The second-order valence-electron chi connectivity index (χ2n) is 5.65. The molecule has 6 heteroatoms. The van der Waals surface area contributed by atoms with Crippen molar-refractivity contribution in [3.8, 4) is 0 Å². The van der Waals surface area contributed by atoms with Gasteiger partial charge in [-0.25, -0.2) is 4.79 Å². The van der Waals surface area contributed by atoms with Crippen molar-refractivity contribution in [1.82, 2.24) is 19.4 Å². The number of benzene rings is 1. The summed E-state index contributed by atoms with van der Waals surface area (Å²) in [5.74, 6) is -0.214. The lowest BCUT2D eigenvalue weighted by Crippen LogP contribution is -2.34. The summed E-state index contributed by atoms with van der Waals surface area (Å²) in [6, 6.07) is 12.9. The maximum Gasteiger partial charge on any atom is 0.329 e. The van der Waals surface area contributed by atoms with Crippen LogP contribution in [0.4, 0.5) is 0 Å². The molecule has 0 saturated heterocycles. The number of carbonyl (C=O) groups is 1. The summed E-state index contributed by atoms with van der Waals surface area (Å²) in [7, 11) is 0. The van der Waals surface area contributed by atoms with E-state index in [9.17, 15) is 9.59 Å². The van der Waals surface area contributed by atoms with E-state index in [0.29, 0.717) is 6.54 Å². The van der Waals surface area contributed by atoms with Crippen molar-refractivity contribution in [3.05, 3.63) is 64.8 Å². The van der Waals surface area contributed by atoms with Crippen molar-refractivity contribution >= 4 is 16.9 Å². The van der Waals surface area contributed by atoms with Crippen LogP contribution < -0.4 is 11.0 Å². The number of amides is 1. The second-order valence-corrected chi connectivity index (χ2v) is 5.65. The summed E-state index contributed by atoms with van der Waals surface area (Å²) < 4.78 is 3.18. The highest BCUT2D eigenvalue weighted by Gasteiger charge is 2.16. The molecule has 24 heavy (non-hydrogen) atoms.